The number of hydrogen-bond donors (Lipinski definition) is 1. The minimum absolute atomic E-state index is 0.243. The predicted octanol–water partition coefficient (Wildman–Crippen LogP) is 1.76. The van der Waals surface area contributed by atoms with E-state index < -0.39 is 18.3 Å². The van der Waals surface area contributed by atoms with Crippen molar-refractivity contribution in [2.75, 3.05) is 18.0 Å². The van der Waals surface area contributed by atoms with Crippen molar-refractivity contribution in [3.8, 4) is 0 Å². The van der Waals surface area contributed by atoms with Gasteiger partial charge < -0.3 is 19.3 Å². The van der Waals surface area contributed by atoms with E-state index in [2.05, 4.69) is 4.90 Å². The Morgan fingerprint density at radius 1 is 1.17 bits per heavy atom. The van der Waals surface area contributed by atoms with Crippen LogP contribution in [-0.4, -0.2) is 48.9 Å². The number of anilines is 1. The third kappa shape index (κ3) is 3.10. The fraction of sp³-hybridized carbons (Fsp3) is 0.611. The molecule has 0 aromatic heterocycles. The molecule has 1 aromatic carbocycles. The summed E-state index contributed by atoms with van der Waals surface area (Å²) in [6.45, 7) is 9.60. The standard InChI is InChI=1S/C18H26BNO4/c1-17(2)18(3,4)24-19(23-17)14-6-5-13(12-21)16(11-14)20-9-7-15(22)8-10-20/h5-6,11-12,15,22H,7-10H2,1-4H3. The van der Waals surface area contributed by atoms with Crippen molar-refractivity contribution in [2.45, 2.75) is 57.8 Å². The van der Waals surface area contributed by atoms with Crippen LogP contribution in [-0.2, 0) is 9.31 Å². The van der Waals surface area contributed by atoms with Crippen LogP contribution in [0.2, 0.25) is 0 Å². The van der Waals surface area contributed by atoms with Crippen LogP contribution in [0.5, 0.6) is 0 Å². The Hall–Kier alpha value is -1.37. The van der Waals surface area contributed by atoms with E-state index >= 15 is 0 Å². The summed E-state index contributed by atoms with van der Waals surface area (Å²) in [5.74, 6) is 0. The summed E-state index contributed by atoms with van der Waals surface area (Å²) in [6.07, 6.45) is 2.08. The summed E-state index contributed by atoms with van der Waals surface area (Å²) in [4.78, 5) is 13.6. The summed E-state index contributed by atoms with van der Waals surface area (Å²) >= 11 is 0. The lowest BCUT2D eigenvalue weighted by Gasteiger charge is -2.32. The summed E-state index contributed by atoms with van der Waals surface area (Å²) < 4.78 is 12.2. The third-order valence-electron chi connectivity index (χ3n) is 5.51. The Morgan fingerprint density at radius 3 is 2.29 bits per heavy atom. The number of aliphatic hydroxyl groups excluding tert-OH is 1. The molecular weight excluding hydrogens is 305 g/mol. The van der Waals surface area contributed by atoms with Gasteiger partial charge in [-0.2, -0.15) is 0 Å². The fourth-order valence-electron chi connectivity index (χ4n) is 3.17. The Labute approximate surface area is 144 Å². The Balaban J connectivity index is 1.89. The molecule has 0 saturated carbocycles. The van der Waals surface area contributed by atoms with E-state index in [0.29, 0.717) is 5.56 Å². The van der Waals surface area contributed by atoms with Crippen LogP contribution in [0.4, 0.5) is 5.69 Å². The van der Waals surface area contributed by atoms with Gasteiger partial charge in [0.25, 0.3) is 0 Å². The van der Waals surface area contributed by atoms with Gasteiger partial charge in [-0.05, 0) is 58.1 Å². The molecule has 2 heterocycles. The quantitative estimate of drug-likeness (QED) is 0.676. The van der Waals surface area contributed by atoms with Crippen molar-refractivity contribution in [3.63, 3.8) is 0 Å². The maximum atomic E-state index is 11.4. The molecule has 0 amide bonds. The van der Waals surface area contributed by atoms with Crippen molar-refractivity contribution in [1.29, 1.82) is 0 Å². The molecular formula is C18H26BNO4. The number of carbonyl (C=O) groups is 1. The Kier molecular flexibility index (Phi) is 4.49. The first-order valence-electron chi connectivity index (χ1n) is 8.61. The molecule has 2 fully saturated rings. The summed E-state index contributed by atoms with van der Waals surface area (Å²) in [7, 11) is -0.440. The van der Waals surface area contributed by atoms with Gasteiger partial charge in [-0.3, -0.25) is 4.79 Å². The fourth-order valence-corrected chi connectivity index (χ4v) is 3.17. The van der Waals surface area contributed by atoms with Gasteiger partial charge in [0.15, 0.2) is 6.29 Å². The lowest BCUT2D eigenvalue weighted by molar-refractivity contribution is 0.00578. The first-order chi connectivity index (χ1) is 11.2. The second-order valence-electron chi connectivity index (χ2n) is 7.74. The predicted molar refractivity (Wildman–Crippen MR) is 95.0 cm³/mol. The minimum Gasteiger partial charge on any atom is -0.399 e. The van der Waals surface area contributed by atoms with Gasteiger partial charge in [-0.1, -0.05) is 6.07 Å². The molecule has 2 aliphatic heterocycles. The number of carbonyl (C=O) groups excluding carboxylic acids is 1. The van der Waals surface area contributed by atoms with Crippen LogP contribution in [0.15, 0.2) is 18.2 Å². The average molecular weight is 331 g/mol. The lowest BCUT2D eigenvalue weighted by atomic mass is 9.78. The maximum Gasteiger partial charge on any atom is 0.494 e. The molecule has 0 aliphatic carbocycles. The molecule has 1 N–H and O–H groups in total. The summed E-state index contributed by atoms with van der Waals surface area (Å²) in [6, 6.07) is 5.71. The van der Waals surface area contributed by atoms with Crippen molar-refractivity contribution in [1.82, 2.24) is 0 Å². The van der Waals surface area contributed by atoms with Crippen molar-refractivity contribution in [3.05, 3.63) is 23.8 Å². The van der Waals surface area contributed by atoms with Crippen LogP contribution < -0.4 is 10.4 Å². The molecule has 5 nitrogen and oxygen atoms in total. The molecule has 130 valence electrons. The minimum atomic E-state index is -0.440. The highest BCUT2D eigenvalue weighted by atomic mass is 16.7. The normalized spacial score (nSPS) is 23.5. The SMILES string of the molecule is CC1(C)OB(c2ccc(C=O)c(N3CCC(O)CC3)c2)OC1(C)C. The number of hydrogen-bond acceptors (Lipinski definition) is 5. The van der Waals surface area contributed by atoms with Gasteiger partial charge in [-0.15, -0.1) is 0 Å². The zero-order chi connectivity index (χ0) is 17.5. The van der Waals surface area contributed by atoms with E-state index in [0.717, 1.165) is 43.4 Å². The molecule has 2 aliphatic rings. The highest BCUT2D eigenvalue weighted by molar-refractivity contribution is 6.62. The van der Waals surface area contributed by atoms with E-state index in [1.165, 1.54) is 0 Å². The highest BCUT2D eigenvalue weighted by Crippen LogP contribution is 2.36. The van der Waals surface area contributed by atoms with E-state index in [1.54, 1.807) is 0 Å². The van der Waals surface area contributed by atoms with Crippen molar-refractivity contribution < 1.29 is 19.2 Å². The van der Waals surface area contributed by atoms with E-state index in [1.807, 2.05) is 45.9 Å². The average Bonchev–Trinajstić information content (AvgIpc) is 2.75. The van der Waals surface area contributed by atoms with Crippen molar-refractivity contribution in [2.24, 2.45) is 0 Å². The van der Waals surface area contributed by atoms with Gasteiger partial charge in [0.2, 0.25) is 0 Å². The monoisotopic (exact) mass is 331 g/mol. The zero-order valence-electron chi connectivity index (χ0n) is 14.9. The number of rotatable bonds is 3. The second-order valence-corrected chi connectivity index (χ2v) is 7.74. The Bertz CT molecular complexity index is 607. The molecule has 6 heteroatoms. The van der Waals surface area contributed by atoms with E-state index in [-0.39, 0.29) is 6.10 Å². The number of aliphatic hydroxyl groups is 1. The van der Waals surface area contributed by atoms with Crippen LogP contribution in [0.1, 0.15) is 50.9 Å². The molecule has 0 unspecified atom stereocenters. The molecule has 3 rings (SSSR count). The topological polar surface area (TPSA) is 59.0 Å². The van der Waals surface area contributed by atoms with Crippen LogP contribution >= 0.6 is 0 Å². The molecule has 0 spiro atoms. The van der Waals surface area contributed by atoms with Gasteiger partial charge in [0, 0.05) is 24.3 Å². The van der Waals surface area contributed by atoms with Crippen LogP contribution in [0.3, 0.4) is 0 Å². The summed E-state index contributed by atoms with van der Waals surface area (Å²) in [5.41, 5.74) is 1.68. The molecule has 0 bridgehead atoms. The second kappa shape index (κ2) is 6.17. The van der Waals surface area contributed by atoms with Gasteiger partial charge in [0.1, 0.15) is 0 Å². The number of benzene rings is 1. The first-order valence-corrected chi connectivity index (χ1v) is 8.61. The number of nitrogens with zero attached hydrogens (tertiary/aromatic N) is 1. The molecule has 1 aromatic rings. The van der Waals surface area contributed by atoms with Crippen molar-refractivity contribution >= 4 is 24.6 Å². The van der Waals surface area contributed by atoms with Gasteiger partial charge >= 0.3 is 7.12 Å². The van der Waals surface area contributed by atoms with Gasteiger partial charge in [0.05, 0.1) is 17.3 Å². The number of aldehydes is 1. The van der Waals surface area contributed by atoms with Gasteiger partial charge in [-0.25, -0.2) is 0 Å². The zero-order valence-corrected chi connectivity index (χ0v) is 14.9. The smallest absolute Gasteiger partial charge is 0.399 e. The largest absolute Gasteiger partial charge is 0.494 e. The Morgan fingerprint density at radius 2 is 1.75 bits per heavy atom. The van der Waals surface area contributed by atoms with Crippen LogP contribution in [0, 0.1) is 0 Å². The number of piperidine rings is 1. The molecule has 0 atom stereocenters. The highest BCUT2D eigenvalue weighted by Gasteiger charge is 2.51. The van der Waals surface area contributed by atoms with Crippen LogP contribution in [0.25, 0.3) is 0 Å². The molecule has 2 saturated heterocycles. The maximum absolute atomic E-state index is 11.4. The molecule has 0 radical (unpaired) electrons. The molecule has 24 heavy (non-hydrogen) atoms. The third-order valence-corrected chi connectivity index (χ3v) is 5.51. The lowest BCUT2D eigenvalue weighted by Crippen LogP contribution is -2.41. The summed E-state index contributed by atoms with van der Waals surface area (Å²) in [5, 5.41) is 9.71. The first kappa shape index (κ1) is 17.5. The van der Waals surface area contributed by atoms with E-state index in [9.17, 15) is 9.90 Å². The van der Waals surface area contributed by atoms with E-state index in [4.69, 9.17) is 9.31 Å².